The highest BCUT2D eigenvalue weighted by Crippen LogP contribution is 2.06. The first kappa shape index (κ1) is 11.5. The summed E-state index contributed by atoms with van der Waals surface area (Å²) in [6.45, 7) is 2.33. The maximum atomic E-state index is 11.6. The van der Waals surface area contributed by atoms with Crippen molar-refractivity contribution in [3.8, 4) is 0 Å². The number of rotatable bonds is 3. The van der Waals surface area contributed by atoms with Crippen LogP contribution >= 0.6 is 22.6 Å². The summed E-state index contributed by atoms with van der Waals surface area (Å²) < 4.78 is 1.12. The van der Waals surface area contributed by atoms with Crippen molar-refractivity contribution >= 4 is 28.5 Å². The van der Waals surface area contributed by atoms with Crippen molar-refractivity contribution in [2.75, 3.05) is 6.54 Å². The van der Waals surface area contributed by atoms with Crippen molar-refractivity contribution in [2.45, 2.75) is 13.0 Å². The zero-order valence-corrected chi connectivity index (χ0v) is 10.1. The number of nitrogens with one attached hydrogen (secondary N) is 1. The molecule has 3 N–H and O–H groups in total. The van der Waals surface area contributed by atoms with Gasteiger partial charge in [-0.25, -0.2) is 0 Å². The Morgan fingerprint density at radius 2 is 2.07 bits per heavy atom. The largest absolute Gasteiger partial charge is 0.348 e. The summed E-state index contributed by atoms with van der Waals surface area (Å²) in [5, 5.41) is 2.80. The molecule has 3 nitrogen and oxygen atoms in total. The third-order valence-electron chi connectivity index (χ3n) is 1.84. The lowest BCUT2D eigenvalue weighted by atomic mass is 10.2. The Labute approximate surface area is 97.2 Å². The molecule has 0 fully saturated rings. The SMILES string of the molecule is CC(CN)NC(=O)c1ccc(I)cc1. The van der Waals surface area contributed by atoms with E-state index in [1.54, 1.807) is 12.1 Å². The quantitative estimate of drug-likeness (QED) is 0.829. The Hall–Kier alpha value is -0.620. The normalized spacial score (nSPS) is 12.2. The third-order valence-corrected chi connectivity index (χ3v) is 2.56. The van der Waals surface area contributed by atoms with Crippen LogP contribution in [0.4, 0.5) is 0 Å². The number of hydrogen-bond donors (Lipinski definition) is 2. The molecule has 0 aliphatic heterocycles. The van der Waals surface area contributed by atoms with Crippen molar-refractivity contribution in [1.82, 2.24) is 5.32 Å². The fourth-order valence-corrected chi connectivity index (χ4v) is 1.33. The van der Waals surface area contributed by atoms with E-state index in [1.807, 2.05) is 19.1 Å². The molecule has 1 aromatic rings. The van der Waals surface area contributed by atoms with Gasteiger partial charge in [-0.2, -0.15) is 0 Å². The Bertz CT molecular complexity index is 310. The van der Waals surface area contributed by atoms with Crippen LogP contribution in [0.15, 0.2) is 24.3 Å². The predicted octanol–water partition coefficient (Wildman–Crippen LogP) is 1.37. The molecule has 1 amide bonds. The van der Waals surface area contributed by atoms with E-state index in [0.29, 0.717) is 12.1 Å². The van der Waals surface area contributed by atoms with E-state index in [-0.39, 0.29) is 11.9 Å². The van der Waals surface area contributed by atoms with Crippen LogP contribution in [0, 0.1) is 3.57 Å². The highest BCUT2D eigenvalue weighted by molar-refractivity contribution is 14.1. The topological polar surface area (TPSA) is 55.1 Å². The molecule has 0 aliphatic rings. The van der Waals surface area contributed by atoms with Gasteiger partial charge in [-0.1, -0.05) is 0 Å². The van der Waals surface area contributed by atoms with Gasteiger partial charge in [0.05, 0.1) is 0 Å². The lowest BCUT2D eigenvalue weighted by Crippen LogP contribution is -2.37. The summed E-state index contributed by atoms with van der Waals surface area (Å²) in [4.78, 5) is 11.6. The maximum Gasteiger partial charge on any atom is 0.251 e. The summed E-state index contributed by atoms with van der Waals surface area (Å²) in [7, 11) is 0. The van der Waals surface area contributed by atoms with Crippen molar-refractivity contribution in [2.24, 2.45) is 5.73 Å². The standard InChI is InChI=1S/C10H13IN2O/c1-7(6-12)13-10(14)8-2-4-9(11)5-3-8/h2-5,7H,6,12H2,1H3,(H,13,14). The monoisotopic (exact) mass is 304 g/mol. The Morgan fingerprint density at radius 3 is 2.57 bits per heavy atom. The first-order chi connectivity index (χ1) is 6.63. The summed E-state index contributed by atoms with van der Waals surface area (Å²) in [5.74, 6) is -0.0700. The molecule has 0 aromatic heterocycles. The summed E-state index contributed by atoms with van der Waals surface area (Å²) in [5.41, 5.74) is 6.08. The minimum absolute atomic E-state index is 0.0155. The van der Waals surface area contributed by atoms with Gasteiger partial charge in [0.15, 0.2) is 0 Å². The minimum Gasteiger partial charge on any atom is -0.348 e. The van der Waals surface area contributed by atoms with Crippen molar-refractivity contribution in [3.63, 3.8) is 0 Å². The van der Waals surface area contributed by atoms with Crippen molar-refractivity contribution < 1.29 is 4.79 Å². The summed E-state index contributed by atoms with van der Waals surface area (Å²) in [6, 6.07) is 7.44. The van der Waals surface area contributed by atoms with E-state index in [2.05, 4.69) is 27.9 Å². The van der Waals surface area contributed by atoms with Crippen LogP contribution in [-0.2, 0) is 0 Å². The molecule has 76 valence electrons. The van der Waals surface area contributed by atoms with Crippen LogP contribution in [0.1, 0.15) is 17.3 Å². The molecule has 14 heavy (non-hydrogen) atoms. The van der Waals surface area contributed by atoms with Gasteiger partial charge >= 0.3 is 0 Å². The average molecular weight is 304 g/mol. The Kier molecular flexibility index (Phi) is 4.34. The number of carbonyl (C=O) groups excluding carboxylic acids is 1. The highest BCUT2D eigenvalue weighted by Gasteiger charge is 2.07. The number of amides is 1. The lowest BCUT2D eigenvalue weighted by molar-refractivity contribution is 0.0941. The minimum atomic E-state index is -0.0700. The first-order valence-corrected chi connectivity index (χ1v) is 5.48. The molecule has 0 saturated heterocycles. The number of nitrogens with two attached hydrogens (primary N) is 1. The molecule has 1 unspecified atom stereocenters. The van der Waals surface area contributed by atoms with Gasteiger partial charge in [-0.3, -0.25) is 4.79 Å². The van der Waals surface area contributed by atoms with Gasteiger partial charge in [0, 0.05) is 21.7 Å². The van der Waals surface area contributed by atoms with Gasteiger partial charge in [0.2, 0.25) is 0 Å². The predicted molar refractivity (Wildman–Crippen MR) is 65.1 cm³/mol. The molecule has 0 saturated carbocycles. The summed E-state index contributed by atoms with van der Waals surface area (Å²) in [6.07, 6.45) is 0. The molecular weight excluding hydrogens is 291 g/mol. The second kappa shape index (κ2) is 5.31. The van der Waals surface area contributed by atoms with E-state index < -0.39 is 0 Å². The maximum absolute atomic E-state index is 11.6. The average Bonchev–Trinajstić information content (AvgIpc) is 2.18. The highest BCUT2D eigenvalue weighted by atomic mass is 127. The van der Waals surface area contributed by atoms with Crippen molar-refractivity contribution in [3.05, 3.63) is 33.4 Å². The van der Waals surface area contributed by atoms with E-state index in [1.165, 1.54) is 0 Å². The third kappa shape index (κ3) is 3.26. The fourth-order valence-electron chi connectivity index (χ4n) is 0.967. The summed E-state index contributed by atoms with van der Waals surface area (Å²) >= 11 is 2.20. The van der Waals surface area contributed by atoms with E-state index in [0.717, 1.165) is 3.57 Å². The molecule has 1 aromatic carbocycles. The van der Waals surface area contributed by atoms with Crippen LogP contribution < -0.4 is 11.1 Å². The number of carbonyl (C=O) groups is 1. The van der Waals surface area contributed by atoms with E-state index >= 15 is 0 Å². The van der Waals surface area contributed by atoms with Gasteiger partial charge in [0.25, 0.3) is 5.91 Å². The second-order valence-electron chi connectivity index (χ2n) is 3.12. The number of halogens is 1. The molecule has 0 bridgehead atoms. The van der Waals surface area contributed by atoms with Gasteiger partial charge < -0.3 is 11.1 Å². The number of benzene rings is 1. The molecule has 1 atom stereocenters. The first-order valence-electron chi connectivity index (χ1n) is 4.40. The molecule has 0 radical (unpaired) electrons. The molecule has 0 aliphatic carbocycles. The molecule has 4 heteroatoms. The van der Waals surface area contributed by atoms with Crippen LogP contribution in [0.5, 0.6) is 0 Å². The second-order valence-corrected chi connectivity index (χ2v) is 4.36. The van der Waals surface area contributed by atoms with Crippen LogP contribution in [0.3, 0.4) is 0 Å². The van der Waals surface area contributed by atoms with Gasteiger partial charge in [0.1, 0.15) is 0 Å². The van der Waals surface area contributed by atoms with E-state index in [4.69, 9.17) is 5.73 Å². The molecule has 0 spiro atoms. The number of hydrogen-bond acceptors (Lipinski definition) is 2. The molecule has 1 rings (SSSR count). The van der Waals surface area contributed by atoms with Crippen LogP contribution in [0.2, 0.25) is 0 Å². The van der Waals surface area contributed by atoms with E-state index in [9.17, 15) is 4.79 Å². The zero-order chi connectivity index (χ0) is 10.6. The fraction of sp³-hybridized carbons (Fsp3) is 0.300. The van der Waals surface area contributed by atoms with Gasteiger partial charge in [-0.15, -0.1) is 0 Å². The Balaban J connectivity index is 2.65. The smallest absolute Gasteiger partial charge is 0.251 e. The van der Waals surface area contributed by atoms with Gasteiger partial charge in [-0.05, 0) is 53.8 Å². The van der Waals surface area contributed by atoms with Crippen LogP contribution in [0.25, 0.3) is 0 Å². The van der Waals surface area contributed by atoms with Crippen molar-refractivity contribution in [1.29, 1.82) is 0 Å². The van der Waals surface area contributed by atoms with Crippen LogP contribution in [-0.4, -0.2) is 18.5 Å². The molecular formula is C10H13IN2O. The lowest BCUT2D eigenvalue weighted by Gasteiger charge is -2.10. The zero-order valence-electron chi connectivity index (χ0n) is 7.96. The molecule has 0 heterocycles. The Morgan fingerprint density at radius 1 is 1.50 bits per heavy atom.